The van der Waals surface area contributed by atoms with Gasteiger partial charge in [-0.05, 0) is 24.3 Å². The SMILES string of the molecule is COC(=O)c1cc(OC)c(OC)cc1NC(=O)CCc1ncc(-c2ccc(F)cc2)o1. The fraction of sp³-hybridized carbons (Fsp3) is 0.227. The maximum atomic E-state index is 13.1. The van der Waals surface area contributed by atoms with Crippen LogP contribution >= 0.6 is 0 Å². The van der Waals surface area contributed by atoms with Gasteiger partial charge in [0, 0.05) is 30.5 Å². The maximum absolute atomic E-state index is 13.1. The van der Waals surface area contributed by atoms with E-state index in [2.05, 4.69) is 10.3 Å². The monoisotopic (exact) mass is 428 g/mol. The first-order chi connectivity index (χ1) is 14.9. The molecule has 0 aliphatic heterocycles. The first kappa shape index (κ1) is 21.8. The summed E-state index contributed by atoms with van der Waals surface area (Å²) < 4.78 is 33.9. The highest BCUT2D eigenvalue weighted by Gasteiger charge is 2.19. The van der Waals surface area contributed by atoms with Crippen LogP contribution in [0.3, 0.4) is 0 Å². The largest absolute Gasteiger partial charge is 0.493 e. The van der Waals surface area contributed by atoms with Crippen molar-refractivity contribution in [2.75, 3.05) is 26.6 Å². The molecule has 3 aromatic rings. The van der Waals surface area contributed by atoms with Crippen LogP contribution in [0.25, 0.3) is 11.3 Å². The smallest absolute Gasteiger partial charge is 0.340 e. The van der Waals surface area contributed by atoms with Gasteiger partial charge in [-0.15, -0.1) is 0 Å². The van der Waals surface area contributed by atoms with Crippen molar-refractivity contribution in [3.63, 3.8) is 0 Å². The van der Waals surface area contributed by atoms with E-state index in [1.165, 1.54) is 51.8 Å². The van der Waals surface area contributed by atoms with Crippen LogP contribution < -0.4 is 14.8 Å². The lowest BCUT2D eigenvalue weighted by molar-refractivity contribution is -0.116. The third-order valence-electron chi connectivity index (χ3n) is 4.45. The molecule has 0 fully saturated rings. The van der Waals surface area contributed by atoms with Crippen LogP contribution in [0.5, 0.6) is 11.5 Å². The zero-order valence-electron chi connectivity index (χ0n) is 17.2. The fourth-order valence-corrected chi connectivity index (χ4v) is 2.87. The Labute approximate surface area is 177 Å². The van der Waals surface area contributed by atoms with Crippen molar-refractivity contribution in [1.29, 1.82) is 0 Å². The van der Waals surface area contributed by atoms with E-state index in [1.54, 1.807) is 12.1 Å². The molecule has 0 saturated heterocycles. The molecular formula is C22H21FN2O6. The van der Waals surface area contributed by atoms with E-state index in [-0.39, 0.29) is 35.8 Å². The van der Waals surface area contributed by atoms with E-state index in [0.717, 1.165) is 0 Å². The number of benzene rings is 2. The van der Waals surface area contributed by atoms with Gasteiger partial charge in [0.2, 0.25) is 5.91 Å². The summed E-state index contributed by atoms with van der Waals surface area (Å²) in [5, 5.41) is 2.68. The van der Waals surface area contributed by atoms with Crippen LogP contribution in [0, 0.1) is 5.82 Å². The average Bonchev–Trinajstić information content (AvgIpc) is 3.26. The van der Waals surface area contributed by atoms with Crippen molar-refractivity contribution in [3.8, 4) is 22.8 Å². The van der Waals surface area contributed by atoms with Gasteiger partial charge >= 0.3 is 5.97 Å². The molecule has 0 aliphatic rings. The van der Waals surface area contributed by atoms with E-state index in [0.29, 0.717) is 28.7 Å². The summed E-state index contributed by atoms with van der Waals surface area (Å²) in [6, 6.07) is 8.74. The van der Waals surface area contributed by atoms with Crippen molar-refractivity contribution < 1.29 is 32.6 Å². The molecule has 1 heterocycles. The summed E-state index contributed by atoms with van der Waals surface area (Å²) in [5.74, 6) is 0.169. The van der Waals surface area contributed by atoms with Gasteiger partial charge in [0.05, 0.1) is 38.8 Å². The molecule has 1 N–H and O–H groups in total. The molecule has 0 aliphatic carbocycles. The number of nitrogens with one attached hydrogen (secondary N) is 1. The molecule has 0 saturated carbocycles. The summed E-state index contributed by atoms with van der Waals surface area (Å²) in [7, 11) is 4.13. The van der Waals surface area contributed by atoms with Crippen molar-refractivity contribution in [2.24, 2.45) is 0 Å². The van der Waals surface area contributed by atoms with Gasteiger partial charge in [-0.1, -0.05) is 0 Å². The van der Waals surface area contributed by atoms with E-state index in [1.807, 2.05) is 0 Å². The second-order valence-electron chi connectivity index (χ2n) is 6.42. The van der Waals surface area contributed by atoms with E-state index in [4.69, 9.17) is 18.6 Å². The number of methoxy groups -OCH3 is 3. The Balaban J connectivity index is 1.69. The minimum Gasteiger partial charge on any atom is -0.493 e. The van der Waals surface area contributed by atoms with Crippen LogP contribution in [-0.4, -0.2) is 38.2 Å². The standard InChI is InChI=1S/C22H21FN2O6/c1-28-17-10-15(22(27)30-3)16(11-18(17)29-2)25-20(26)8-9-21-24-12-19(31-21)13-4-6-14(23)7-5-13/h4-7,10-12H,8-9H2,1-3H3,(H,25,26). The Morgan fingerprint density at radius 3 is 2.39 bits per heavy atom. The van der Waals surface area contributed by atoms with E-state index in [9.17, 15) is 14.0 Å². The van der Waals surface area contributed by atoms with Gasteiger partial charge in [-0.3, -0.25) is 4.79 Å². The number of hydrogen-bond acceptors (Lipinski definition) is 7. The molecule has 0 atom stereocenters. The number of oxazole rings is 1. The number of nitrogens with zero attached hydrogens (tertiary/aromatic N) is 1. The number of halogens is 1. The lowest BCUT2D eigenvalue weighted by Crippen LogP contribution is -2.16. The van der Waals surface area contributed by atoms with Crippen molar-refractivity contribution >= 4 is 17.6 Å². The van der Waals surface area contributed by atoms with Crippen molar-refractivity contribution in [1.82, 2.24) is 4.98 Å². The molecule has 31 heavy (non-hydrogen) atoms. The predicted octanol–water partition coefficient (Wildman–Crippen LogP) is 3.86. The Hall–Kier alpha value is -3.88. The first-order valence-corrected chi connectivity index (χ1v) is 9.30. The molecule has 0 radical (unpaired) electrons. The Kier molecular flexibility index (Phi) is 6.86. The number of anilines is 1. The molecule has 0 unspecified atom stereocenters. The van der Waals surface area contributed by atoms with Gasteiger partial charge in [-0.25, -0.2) is 14.2 Å². The number of carbonyl (C=O) groups is 2. The molecule has 0 spiro atoms. The van der Waals surface area contributed by atoms with Crippen molar-refractivity contribution in [3.05, 3.63) is 59.9 Å². The summed E-state index contributed by atoms with van der Waals surface area (Å²) in [5.41, 5.74) is 1.04. The second-order valence-corrected chi connectivity index (χ2v) is 6.42. The lowest BCUT2D eigenvalue weighted by atomic mass is 10.1. The summed E-state index contributed by atoms with van der Waals surface area (Å²) in [6.45, 7) is 0. The Morgan fingerprint density at radius 2 is 1.74 bits per heavy atom. The number of esters is 1. The number of aryl methyl sites for hydroxylation is 1. The van der Waals surface area contributed by atoms with Gasteiger partial charge in [-0.2, -0.15) is 0 Å². The van der Waals surface area contributed by atoms with Crippen LogP contribution in [0.15, 0.2) is 47.0 Å². The average molecular weight is 428 g/mol. The zero-order chi connectivity index (χ0) is 22.4. The van der Waals surface area contributed by atoms with Crippen LogP contribution in [0.4, 0.5) is 10.1 Å². The molecule has 9 heteroatoms. The molecule has 0 bridgehead atoms. The maximum Gasteiger partial charge on any atom is 0.340 e. The molecule has 8 nitrogen and oxygen atoms in total. The molecule has 3 rings (SSSR count). The summed E-state index contributed by atoms with van der Waals surface area (Å²) >= 11 is 0. The molecule has 1 amide bonds. The van der Waals surface area contributed by atoms with Crippen molar-refractivity contribution in [2.45, 2.75) is 12.8 Å². The predicted molar refractivity (Wildman–Crippen MR) is 110 cm³/mol. The van der Waals surface area contributed by atoms with E-state index < -0.39 is 5.97 Å². The molecule has 1 aromatic heterocycles. The third kappa shape index (κ3) is 5.19. The quantitative estimate of drug-likeness (QED) is 0.544. The number of carbonyl (C=O) groups excluding carboxylic acids is 2. The second kappa shape index (κ2) is 9.75. The number of ether oxygens (including phenoxy) is 3. The minimum absolute atomic E-state index is 0.0539. The first-order valence-electron chi connectivity index (χ1n) is 9.30. The topological polar surface area (TPSA) is 99.9 Å². The normalized spacial score (nSPS) is 10.5. The number of rotatable bonds is 8. The Morgan fingerprint density at radius 1 is 1.06 bits per heavy atom. The van der Waals surface area contributed by atoms with Gasteiger partial charge < -0.3 is 23.9 Å². The van der Waals surface area contributed by atoms with E-state index >= 15 is 0 Å². The van der Waals surface area contributed by atoms with Crippen LogP contribution in [0.2, 0.25) is 0 Å². The highest BCUT2D eigenvalue weighted by Crippen LogP contribution is 2.34. The summed E-state index contributed by atoms with van der Waals surface area (Å²) in [6.07, 6.45) is 1.80. The fourth-order valence-electron chi connectivity index (χ4n) is 2.87. The number of amides is 1. The van der Waals surface area contributed by atoms with Crippen LogP contribution in [-0.2, 0) is 16.0 Å². The third-order valence-corrected chi connectivity index (χ3v) is 4.45. The van der Waals surface area contributed by atoms with Gasteiger partial charge in [0.25, 0.3) is 0 Å². The Bertz CT molecular complexity index is 1080. The summed E-state index contributed by atoms with van der Waals surface area (Å²) in [4.78, 5) is 28.7. The zero-order valence-corrected chi connectivity index (χ0v) is 17.2. The van der Waals surface area contributed by atoms with Gasteiger partial charge in [0.1, 0.15) is 5.82 Å². The number of aromatic nitrogens is 1. The molecule has 162 valence electrons. The lowest BCUT2D eigenvalue weighted by Gasteiger charge is -2.14. The molecular weight excluding hydrogens is 407 g/mol. The highest BCUT2D eigenvalue weighted by molar-refractivity contribution is 6.02. The van der Waals surface area contributed by atoms with Crippen LogP contribution in [0.1, 0.15) is 22.7 Å². The minimum atomic E-state index is -0.632. The van der Waals surface area contributed by atoms with Gasteiger partial charge in [0.15, 0.2) is 23.1 Å². The highest BCUT2D eigenvalue weighted by atomic mass is 19.1. The number of hydrogen-bond donors (Lipinski definition) is 1. The molecule has 2 aromatic carbocycles.